The van der Waals surface area contributed by atoms with Crippen molar-refractivity contribution in [3.63, 3.8) is 0 Å². The van der Waals surface area contributed by atoms with E-state index in [0.717, 1.165) is 29.7 Å². The van der Waals surface area contributed by atoms with Crippen molar-refractivity contribution >= 4 is 22.9 Å². The molecule has 1 amide bonds. The molecule has 0 unspecified atom stereocenters. The number of nitrogens with zero attached hydrogens (tertiary/aromatic N) is 7. The van der Waals surface area contributed by atoms with E-state index in [4.69, 9.17) is 14.5 Å². The first-order valence-corrected chi connectivity index (χ1v) is 12.9. The second kappa shape index (κ2) is 9.67. The molecule has 2 aliphatic heterocycles. The van der Waals surface area contributed by atoms with Crippen molar-refractivity contribution in [3.8, 4) is 11.9 Å². The van der Waals surface area contributed by atoms with E-state index >= 15 is 0 Å². The lowest BCUT2D eigenvalue weighted by Gasteiger charge is -2.39. The number of hydrogen-bond donors (Lipinski definition) is 1. The van der Waals surface area contributed by atoms with E-state index in [2.05, 4.69) is 39.3 Å². The van der Waals surface area contributed by atoms with E-state index in [1.165, 1.54) is 0 Å². The number of amides is 1. The second-order valence-corrected chi connectivity index (χ2v) is 10.8. The highest BCUT2D eigenvalue weighted by molar-refractivity contribution is 5.84. The van der Waals surface area contributed by atoms with Crippen molar-refractivity contribution in [1.82, 2.24) is 29.9 Å². The maximum absolute atomic E-state index is 12.7. The molecule has 37 heavy (non-hydrogen) atoms. The van der Waals surface area contributed by atoms with Crippen LogP contribution in [0, 0.1) is 11.3 Å². The maximum Gasteiger partial charge on any atom is 0.410 e. The second-order valence-electron chi connectivity index (χ2n) is 10.8. The van der Waals surface area contributed by atoms with Gasteiger partial charge in [0, 0.05) is 31.1 Å². The summed E-state index contributed by atoms with van der Waals surface area (Å²) in [6, 6.07) is 6.72. The van der Waals surface area contributed by atoms with Crippen molar-refractivity contribution in [2.24, 2.45) is 0 Å². The van der Waals surface area contributed by atoms with Gasteiger partial charge in [0.1, 0.15) is 11.4 Å². The van der Waals surface area contributed by atoms with Gasteiger partial charge >= 0.3 is 6.09 Å². The predicted molar refractivity (Wildman–Crippen MR) is 138 cm³/mol. The summed E-state index contributed by atoms with van der Waals surface area (Å²) in [6.45, 7) is 10.6. The van der Waals surface area contributed by atoms with Crippen LogP contribution in [0.2, 0.25) is 0 Å². The minimum Gasteiger partial charge on any atom is -0.444 e. The Kier molecular flexibility index (Phi) is 6.54. The summed E-state index contributed by atoms with van der Waals surface area (Å²) in [5.41, 5.74) is 0.209. The molecule has 2 saturated heterocycles. The fourth-order valence-corrected chi connectivity index (χ4v) is 5.21. The van der Waals surface area contributed by atoms with Crippen molar-refractivity contribution in [1.29, 1.82) is 5.26 Å². The lowest BCUT2D eigenvalue weighted by atomic mass is 9.73. The molecule has 11 heteroatoms. The van der Waals surface area contributed by atoms with E-state index in [0.29, 0.717) is 50.6 Å². The summed E-state index contributed by atoms with van der Waals surface area (Å²) in [6.07, 6.45) is 5.02. The largest absolute Gasteiger partial charge is 0.444 e. The first-order chi connectivity index (χ1) is 17.7. The minimum atomic E-state index is -0.787. The van der Waals surface area contributed by atoms with Gasteiger partial charge in [-0.1, -0.05) is 6.92 Å². The number of pyridine rings is 1. The molecule has 0 saturated carbocycles. The van der Waals surface area contributed by atoms with Crippen LogP contribution < -0.4 is 4.90 Å². The molecule has 3 aromatic rings. The number of rotatable bonds is 4. The first kappa shape index (κ1) is 25.0. The number of aromatic amines is 1. The highest BCUT2D eigenvalue weighted by atomic mass is 16.6. The molecule has 0 aliphatic carbocycles. The Hall–Kier alpha value is -3.65. The standard InChI is InChI=1S/C26H34N8O3/c1-5-18-16-36-13-12-33(18)22-14-20(19-15-29-34(23(19)30-22)21-6-9-28-31-21)26(17-27)7-10-32(11-8-26)24(35)37-25(2,3)4/h6,9,14-15,18H,5,7-8,10-13,16H2,1-4H3,(H,28,31)/t18-/m1/s1. The molecular formula is C26H34N8O3. The quantitative estimate of drug-likeness (QED) is 0.569. The summed E-state index contributed by atoms with van der Waals surface area (Å²) in [5.74, 6) is 1.51. The molecule has 0 spiro atoms. The molecule has 1 atom stereocenters. The van der Waals surface area contributed by atoms with Crippen LogP contribution in [0.15, 0.2) is 24.5 Å². The summed E-state index contributed by atoms with van der Waals surface area (Å²) in [4.78, 5) is 21.7. The van der Waals surface area contributed by atoms with Gasteiger partial charge in [0.25, 0.3) is 0 Å². The molecule has 3 aromatic heterocycles. The molecule has 5 heterocycles. The maximum atomic E-state index is 12.7. The summed E-state index contributed by atoms with van der Waals surface area (Å²) in [7, 11) is 0. The fourth-order valence-electron chi connectivity index (χ4n) is 5.21. The number of hydrogen-bond acceptors (Lipinski definition) is 8. The Morgan fingerprint density at radius 2 is 2.11 bits per heavy atom. The number of nitriles is 1. The Morgan fingerprint density at radius 1 is 1.32 bits per heavy atom. The number of ether oxygens (including phenoxy) is 2. The van der Waals surface area contributed by atoms with Gasteiger partial charge in [0.2, 0.25) is 0 Å². The zero-order valence-corrected chi connectivity index (χ0v) is 21.9. The molecule has 1 N–H and O–H groups in total. The van der Waals surface area contributed by atoms with Crippen LogP contribution in [0.1, 0.15) is 52.5 Å². The Bertz CT molecular complexity index is 1300. The molecule has 11 nitrogen and oxygen atoms in total. The third-order valence-electron chi connectivity index (χ3n) is 7.23. The normalized spacial score (nSPS) is 20.1. The lowest BCUT2D eigenvalue weighted by molar-refractivity contribution is 0.0185. The zero-order valence-electron chi connectivity index (χ0n) is 21.9. The van der Waals surface area contributed by atoms with Crippen LogP contribution in [0.5, 0.6) is 0 Å². The van der Waals surface area contributed by atoms with E-state index in [-0.39, 0.29) is 12.1 Å². The average Bonchev–Trinajstić information content (AvgIpc) is 3.57. The fraction of sp³-hybridized carbons (Fsp3) is 0.577. The smallest absolute Gasteiger partial charge is 0.410 e. The van der Waals surface area contributed by atoms with Gasteiger partial charge in [-0.05, 0) is 51.7 Å². The van der Waals surface area contributed by atoms with Gasteiger partial charge < -0.3 is 19.3 Å². The highest BCUT2D eigenvalue weighted by Crippen LogP contribution is 2.41. The number of H-pyrrole nitrogens is 1. The number of aromatic nitrogens is 5. The Morgan fingerprint density at radius 3 is 2.76 bits per heavy atom. The van der Waals surface area contributed by atoms with E-state index in [1.807, 2.05) is 26.8 Å². The summed E-state index contributed by atoms with van der Waals surface area (Å²) >= 11 is 0. The number of piperidine rings is 1. The van der Waals surface area contributed by atoms with Crippen LogP contribution in [0.4, 0.5) is 10.6 Å². The highest BCUT2D eigenvalue weighted by Gasteiger charge is 2.41. The van der Waals surface area contributed by atoms with Gasteiger partial charge in [0.05, 0.1) is 43.1 Å². The van der Waals surface area contributed by atoms with Gasteiger partial charge in [-0.25, -0.2) is 9.78 Å². The van der Waals surface area contributed by atoms with Crippen LogP contribution in [-0.4, -0.2) is 80.4 Å². The van der Waals surface area contributed by atoms with Crippen molar-refractivity contribution < 1.29 is 14.3 Å². The number of nitrogens with one attached hydrogen (secondary N) is 1. The van der Waals surface area contributed by atoms with Gasteiger partial charge in [0.15, 0.2) is 11.5 Å². The van der Waals surface area contributed by atoms with Crippen LogP contribution in [-0.2, 0) is 14.9 Å². The molecule has 5 rings (SSSR count). The topological polar surface area (TPSA) is 125 Å². The zero-order chi connectivity index (χ0) is 26.2. The SMILES string of the molecule is CC[C@@H]1COCCN1c1cc(C2(C#N)CCN(C(=O)OC(C)(C)C)CC2)c2cnn(-c3ccn[nH]3)c2n1. The monoisotopic (exact) mass is 506 g/mol. The summed E-state index contributed by atoms with van der Waals surface area (Å²) in [5, 5.41) is 23.0. The number of morpholine rings is 1. The Balaban J connectivity index is 1.57. The van der Waals surface area contributed by atoms with Crippen LogP contribution in [0.25, 0.3) is 16.9 Å². The summed E-state index contributed by atoms with van der Waals surface area (Å²) < 4.78 is 13.0. The molecule has 0 bridgehead atoms. The Labute approximate surface area is 216 Å². The van der Waals surface area contributed by atoms with Crippen molar-refractivity contribution in [2.45, 2.75) is 64.0 Å². The van der Waals surface area contributed by atoms with E-state index in [9.17, 15) is 10.1 Å². The number of carbonyl (C=O) groups excluding carboxylic acids is 1. The third kappa shape index (κ3) is 4.73. The van der Waals surface area contributed by atoms with Gasteiger partial charge in [-0.2, -0.15) is 20.1 Å². The molecule has 2 fully saturated rings. The molecule has 2 aliphatic rings. The van der Waals surface area contributed by atoms with Crippen LogP contribution in [0.3, 0.4) is 0 Å². The van der Waals surface area contributed by atoms with Gasteiger partial charge in [-0.3, -0.25) is 5.10 Å². The number of likely N-dealkylation sites (tertiary alicyclic amines) is 1. The molecular weight excluding hydrogens is 472 g/mol. The van der Waals surface area contributed by atoms with Crippen LogP contribution >= 0.6 is 0 Å². The third-order valence-corrected chi connectivity index (χ3v) is 7.23. The van der Waals surface area contributed by atoms with E-state index in [1.54, 1.807) is 22.0 Å². The predicted octanol–water partition coefficient (Wildman–Crippen LogP) is 3.55. The van der Waals surface area contributed by atoms with Gasteiger partial charge in [-0.15, -0.1) is 0 Å². The average molecular weight is 507 g/mol. The minimum absolute atomic E-state index is 0.196. The van der Waals surface area contributed by atoms with Crippen molar-refractivity contribution in [3.05, 3.63) is 30.1 Å². The van der Waals surface area contributed by atoms with E-state index < -0.39 is 11.0 Å². The molecule has 0 radical (unpaired) electrons. The van der Waals surface area contributed by atoms with Crippen molar-refractivity contribution in [2.75, 3.05) is 37.7 Å². The molecule has 0 aromatic carbocycles. The number of carbonyl (C=O) groups is 1. The number of anilines is 1. The first-order valence-electron chi connectivity index (χ1n) is 12.9. The lowest BCUT2D eigenvalue weighted by Crippen LogP contribution is -2.47. The molecule has 196 valence electrons. The number of fused-ring (bicyclic) bond motifs is 1.